The van der Waals surface area contributed by atoms with Crippen molar-refractivity contribution in [3.63, 3.8) is 0 Å². The molecular formula is C18H26F3N3O3. The Balaban J connectivity index is 2.93. The van der Waals surface area contributed by atoms with E-state index >= 15 is 0 Å². The number of alkyl halides is 3. The molecule has 0 radical (unpaired) electrons. The maximum absolute atomic E-state index is 13.0. The van der Waals surface area contributed by atoms with Crippen molar-refractivity contribution in [3.8, 4) is 5.75 Å². The molecule has 0 fully saturated rings. The molecule has 3 N–H and O–H groups in total. The predicted octanol–water partition coefficient (Wildman–Crippen LogP) is 3.92. The van der Waals surface area contributed by atoms with Gasteiger partial charge in [-0.3, -0.25) is 10.1 Å². The van der Waals surface area contributed by atoms with Crippen LogP contribution in [0.3, 0.4) is 0 Å². The fourth-order valence-corrected chi connectivity index (χ4v) is 2.05. The lowest BCUT2D eigenvalue weighted by Gasteiger charge is -2.22. The zero-order chi connectivity index (χ0) is 20.8. The molecule has 0 aliphatic rings. The summed E-state index contributed by atoms with van der Waals surface area (Å²) in [6.07, 6.45) is -3.86. The largest absolute Gasteiger partial charge is 0.491 e. The van der Waals surface area contributed by atoms with Crippen LogP contribution in [-0.2, 0) is 11.0 Å². The Morgan fingerprint density at radius 2 is 1.81 bits per heavy atom. The van der Waals surface area contributed by atoms with Crippen LogP contribution in [0.4, 0.5) is 23.7 Å². The molecule has 1 aromatic rings. The fourth-order valence-electron chi connectivity index (χ4n) is 2.05. The van der Waals surface area contributed by atoms with Gasteiger partial charge in [0.25, 0.3) is 0 Å². The topological polar surface area (TPSA) is 79.5 Å². The summed E-state index contributed by atoms with van der Waals surface area (Å²) in [5, 5.41) is 7.40. The van der Waals surface area contributed by atoms with Crippen LogP contribution >= 0.6 is 0 Å². The molecule has 0 unspecified atom stereocenters. The normalized spacial score (nSPS) is 12.9. The Labute approximate surface area is 156 Å². The second-order valence-electron chi connectivity index (χ2n) is 7.12. The van der Waals surface area contributed by atoms with E-state index in [2.05, 4.69) is 16.0 Å². The fraction of sp³-hybridized carbons (Fsp3) is 0.556. The van der Waals surface area contributed by atoms with Gasteiger partial charge in [0.15, 0.2) is 0 Å². The molecular weight excluding hydrogens is 363 g/mol. The number of ether oxygens (including phenoxy) is 1. The minimum atomic E-state index is -4.53. The molecule has 0 heterocycles. The first-order valence-corrected chi connectivity index (χ1v) is 8.57. The van der Waals surface area contributed by atoms with Gasteiger partial charge in [0.1, 0.15) is 11.8 Å². The number of anilines is 1. The number of imide groups is 1. The molecule has 0 aliphatic heterocycles. The van der Waals surface area contributed by atoms with Crippen molar-refractivity contribution in [2.24, 2.45) is 0 Å². The number of nitrogens with one attached hydrogen (secondary N) is 3. The standard InChI is InChI=1S/C18H26F3N3O3/c1-6-9-27-14-8-7-12(18(19,20)21)10-13(14)22-11(2)15(25)23-16(26)24-17(3,4)5/h7-8,10-11,22H,6,9H2,1-5H3,(H2,23,24,25,26)/t11-/m0/s1. The highest BCUT2D eigenvalue weighted by Crippen LogP contribution is 2.35. The van der Waals surface area contributed by atoms with E-state index in [1.54, 1.807) is 20.8 Å². The first kappa shape index (κ1) is 22.6. The number of urea groups is 1. The molecule has 152 valence electrons. The van der Waals surface area contributed by atoms with Crippen molar-refractivity contribution >= 4 is 17.6 Å². The van der Waals surface area contributed by atoms with Gasteiger partial charge >= 0.3 is 12.2 Å². The molecule has 6 nitrogen and oxygen atoms in total. The van der Waals surface area contributed by atoms with E-state index < -0.39 is 35.3 Å². The van der Waals surface area contributed by atoms with E-state index in [4.69, 9.17) is 4.74 Å². The van der Waals surface area contributed by atoms with Crippen molar-refractivity contribution in [1.29, 1.82) is 0 Å². The number of carbonyl (C=O) groups is 2. The van der Waals surface area contributed by atoms with Gasteiger partial charge in [0.05, 0.1) is 17.9 Å². The Kier molecular flexibility index (Phi) is 7.50. The zero-order valence-electron chi connectivity index (χ0n) is 16.1. The van der Waals surface area contributed by atoms with E-state index in [0.717, 1.165) is 12.1 Å². The highest BCUT2D eigenvalue weighted by Gasteiger charge is 2.31. The van der Waals surface area contributed by atoms with E-state index in [0.29, 0.717) is 13.0 Å². The third-order valence-corrected chi connectivity index (χ3v) is 3.26. The monoisotopic (exact) mass is 389 g/mol. The third kappa shape index (κ3) is 7.76. The van der Waals surface area contributed by atoms with Crippen LogP contribution in [0.2, 0.25) is 0 Å². The van der Waals surface area contributed by atoms with Gasteiger partial charge in [0.2, 0.25) is 5.91 Å². The van der Waals surface area contributed by atoms with Crippen molar-refractivity contribution in [1.82, 2.24) is 10.6 Å². The van der Waals surface area contributed by atoms with E-state index in [1.807, 2.05) is 6.92 Å². The SMILES string of the molecule is CCCOc1ccc(C(F)(F)F)cc1N[C@@H](C)C(=O)NC(=O)NC(C)(C)C. The summed E-state index contributed by atoms with van der Waals surface area (Å²) in [6.45, 7) is 8.86. The summed E-state index contributed by atoms with van der Waals surface area (Å²) in [6, 6.07) is 1.34. The minimum Gasteiger partial charge on any atom is -0.491 e. The molecule has 0 saturated heterocycles. The molecule has 1 aromatic carbocycles. The van der Waals surface area contributed by atoms with Crippen LogP contribution in [0.1, 0.15) is 46.6 Å². The molecule has 0 aliphatic carbocycles. The highest BCUT2D eigenvalue weighted by atomic mass is 19.4. The van der Waals surface area contributed by atoms with Gasteiger partial charge in [0, 0.05) is 5.54 Å². The lowest BCUT2D eigenvalue weighted by Crippen LogP contribution is -2.51. The van der Waals surface area contributed by atoms with E-state index in [1.165, 1.54) is 13.0 Å². The number of hydrogen-bond donors (Lipinski definition) is 3. The number of carbonyl (C=O) groups excluding carboxylic acids is 2. The first-order chi connectivity index (χ1) is 12.3. The van der Waals surface area contributed by atoms with Crippen LogP contribution < -0.4 is 20.7 Å². The van der Waals surface area contributed by atoms with Gasteiger partial charge in [-0.1, -0.05) is 6.92 Å². The second-order valence-corrected chi connectivity index (χ2v) is 7.12. The summed E-state index contributed by atoms with van der Waals surface area (Å²) in [7, 11) is 0. The van der Waals surface area contributed by atoms with Crippen LogP contribution in [0, 0.1) is 0 Å². The smallest absolute Gasteiger partial charge is 0.416 e. The first-order valence-electron chi connectivity index (χ1n) is 8.57. The summed E-state index contributed by atoms with van der Waals surface area (Å²) < 4.78 is 44.4. The predicted molar refractivity (Wildman–Crippen MR) is 96.7 cm³/mol. The summed E-state index contributed by atoms with van der Waals surface area (Å²) in [5.74, 6) is -0.487. The molecule has 27 heavy (non-hydrogen) atoms. The van der Waals surface area contributed by atoms with E-state index in [-0.39, 0.29) is 11.4 Å². The highest BCUT2D eigenvalue weighted by molar-refractivity contribution is 5.98. The molecule has 0 saturated carbocycles. The summed E-state index contributed by atoms with van der Waals surface area (Å²) in [4.78, 5) is 23.9. The zero-order valence-corrected chi connectivity index (χ0v) is 16.1. The number of amides is 3. The summed E-state index contributed by atoms with van der Waals surface area (Å²) >= 11 is 0. The Morgan fingerprint density at radius 1 is 1.19 bits per heavy atom. The molecule has 0 bridgehead atoms. The van der Waals surface area contributed by atoms with Crippen LogP contribution in [-0.4, -0.2) is 30.1 Å². The molecule has 3 amide bonds. The average molecular weight is 389 g/mol. The Hall–Kier alpha value is -2.45. The van der Waals surface area contributed by atoms with Gasteiger partial charge < -0.3 is 15.4 Å². The van der Waals surface area contributed by atoms with E-state index in [9.17, 15) is 22.8 Å². The molecule has 1 rings (SSSR count). The quantitative estimate of drug-likeness (QED) is 0.689. The number of hydrogen-bond acceptors (Lipinski definition) is 4. The van der Waals surface area contributed by atoms with Crippen molar-refractivity contribution in [2.75, 3.05) is 11.9 Å². The van der Waals surface area contributed by atoms with Gasteiger partial charge in [-0.15, -0.1) is 0 Å². The van der Waals surface area contributed by atoms with Crippen molar-refractivity contribution < 1.29 is 27.5 Å². The molecule has 9 heteroatoms. The Bertz CT molecular complexity index is 670. The Morgan fingerprint density at radius 3 is 2.33 bits per heavy atom. The van der Waals surface area contributed by atoms with Gasteiger partial charge in [-0.05, 0) is 52.3 Å². The number of benzene rings is 1. The molecule has 1 atom stereocenters. The maximum atomic E-state index is 13.0. The minimum absolute atomic E-state index is 0.0251. The second kappa shape index (κ2) is 8.96. The third-order valence-electron chi connectivity index (χ3n) is 3.26. The van der Waals surface area contributed by atoms with Gasteiger partial charge in [-0.25, -0.2) is 4.79 Å². The van der Waals surface area contributed by atoms with Crippen molar-refractivity contribution in [3.05, 3.63) is 23.8 Å². The average Bonchev–Trinajstić information content (AvgIpc) is 2.50. The lowest BCUT2D eigenvalue weighted by atomic mass is 10.1. The summed E-state index contributed by atoms with van der Waals surface area (Å²) in [5.41, 5.74) is -1.38. The van der Waals surface area contributed by atoms with Crippen molar-refractivity contribution in [2.45, 2.75) is 58.8 Å². The maximum Gasteiger partial charge on any atom is 0.416 e. The molecule has 0 spiro atoms. The van der Waals surface area contributed by atoms with Crippen LogP contribution in [0.5, 0.6) is 5.75 Å². The lowest BCUT2D eigenvalue weighted by molar-refractivity contribution is -0.137. The molecule has 0 aromatic heterocycles. The number of rotatable bonds is 6. The number of halogens is 3. The van der Waals surface area contributed by atoms with Crippen LogP contribution in [0.25, 0.3) is 0 Å². The van der Waals surface area contributed by atoms with Gasteiger partial charge in [-0.2, -0.15) is 13.2 Å². The van der Waals surface area contributed by atoms with Crippen LogP contribution in [0.15, 0.2) is 18.2 Å².